The molecule has 0 bridgehead atoms. The highest BCUT2D eigenvalue weighted by Crippen LogP contribution is 2.22. The minimum absolute atomic E-state index is 0.110. The molecule has 0 aliphatic heterocycles. The maximum Gasteiger partial charge on any atom is 0.130 e. The van der Waals surface area contributed by atoms with Gasteiger partial charge in [0, 0.05) is 5.56 Å². The van der Waals surface area contributed by atoms with Crippen molar-refractivity contribution in [2.24, 2.45) is 5.16 Å². The summed E-state index contributed by atoms with van der Waals surface area (Å²) in [7, 11) is 0. The topological polar surface area (TPSA) is 52.8 Å². The first-order valence-corrected chi connectivity index (χ1v) is 5.25. The van der Waals surface area contributed by atoms with Crippen molar-refractivity contribution in [3.63, 3.8) is 0 Å². The first-order valence-electron chi connectivity index (χ1n) is 4.37. The maximum atomic E-state index is 9.62. The van der Waals surface area contributed by atoms with Crippen LogP contribution in [-0.2, 0) is 0 Å². The lowest BCUT2D eigenvalue weighted by molar-refractivity contribution is 0.319. The molecule has 0 spiro atoms. The van der Waals surface area contributed by atoms with Crippen LogP contribution in [0.25, 0.3) is 0 Å². The SMILES string of the molecule is O/N=C(/c1cccs1)c1ccccc1O. The van der Waals surface area contributed by atoms with Crippen LogP contribution < -0.4 is 0 Å². The monoisotopic (exact) mass is 219 g/mol. The van der Waals surface area contributed by atoms with Gasteiger partial charge in [-0.25, -0.2) is 0 Å². The van der Waals surface area contributed by atoms with Crippen molar-refractivity contribution >= 4 is 17.0 Å². The number of aromatic hydroxyl groups is 1. The Morgan fingerprint density at radius 1 is 1.13 bits per heavy atom. The lowest BCUT2D eigenvalue weighted by atomic mass is 10.1. The van der Waals surface area contributed by atoms with E-state index in [1.165, 1.54) is 11.3 Å². The van der Waals surface area contributed by atoms with Gasteiger partial charge in [0.05, 0.1) is 4.88 Å². The Hall–Kier alpha value is -1.81. The summed E-state index contributed by atoms with van der Waals surface area (Å²) >= 11 is 1.46. The minimum Gasteiger partial charge on any atom is -0.507 e. The normalized spacial score (nSPS) is 11.6. The molecule has 2 rings (SSSR count). The largest absolute Gasteiger partial charge is 0.507 e. The lowest BCUT2D eigenvalue weighted by Gasteiger charge is -2.03. The van der Waals surface area contributed by atoms with Gasteiger partial charge in [0.25, 0.3) is 0 Å². The molecule has 76 valence electrons. The van der Waals surface area contributed by atoms with E-state index in [0.717, 1.165) is 4.88 Å². The number of thiophene rings is 1. The first-order chi connectivity index (χ1) is 7.33. The van der Waals surface area contributed by atoms with Crippen LogP contribution in [0.15, 0.2) is 46.9 Å². The Kier molecular flexibility index (Phi) is 2.69. The van der Waals surface area contributed by atoms with Crippen LogP contribution >= 0.6 is 11.3 Å². The van der Waals surface area contributed by atoms with Crippen LogP contribution in [0.3, 0.4) is 0 Å². The molecule has 0 atom stereocenters. The number of benzene rings is 1. The number of para-hydroxylation sites is 1. The molecule has 1 aromatic heterocycles. The fourth-order valence-electron chi connectivity index (χ4n) is 1.32. The highest BCUT2D eigenvalue weighted by molar-refractivity contribution is 7.12. The van der Waals surface area contributed by atoms with E-state index in [1.54, 1.807) is 24.3 Å². The maximum absolute atomic E-state index is 9.62. The van der Waals surface area contributed by atoms with Gasteiger partial charge in [0.2, 0.25) is 0 Å². The lowest BCUT2D eigenvalue weighted by Crippen LogP contribution is -2.00. The molecule has 0 aliphatic rings. The van der Waals surface area contributed by atoms with Crippen LogP contribution in [-0.4, -0.2) is 16.0 Å². The highest BCUT2D eigenvalue weighted by atomic mass is 32.1. The summed E-state index contributed by atoms with van der Waals surface area (Å²) in [6.07, 6.45) is 0. The summed E-state index contributed by atoms with van der Waals surface area (Å²) in [5.41, 5.74) is 0.922. The fourth-order valence-corrected chi connectivity index (χ4v) is 2.05. The van der Waals surface area contributed by atoms with Crippen molar-refractivity contribution in [1.82, 2.24) is 0 Å². The standard InChI is InChI=1S/C11H9NO2S/c13-9-5-2-1-4-8(9)11(12-14)10-6-3-7-15-10/h1-7,13-14H/b12-11+. The Morgan fingerprint density at radius 2 is 1.93 bits per heavy atom. The van der Waals surface area contributed by atoms with Gasteiger partial charge < -0.3 is 10.3 Å². The summed E-state index contributed by atoms with van der Waals surface area (Å²) in [6, 6.07) is 10.5. The minimum atomic E-state index is 0.110. The van der Waals surface area contributed by atoms with Gasteiger partial charge in [0.15, 0.2) is 0 Å². The Labute approximate surface area is 90.9 Å². The van der Waals surface area contributed by atoms with Crippen molar-refractivity contribution in [3.8, 4) is 5.75 Å². The summed E-state index contributed by atoms with van der Waals surface area (Å²) in [5.74, 6) is 0.110. The summed E-state index contributed by atoms with van der Waals surface area (Å²) in [5, 5.41) is 23.7. The van der Waals surface area contributed by atoms with Crippen molar-refractivity contribution in [2.45, 2.75) is 0 Å². The van der Waals surface area contributed by atoms with Crippen LogP contribution in [0.1, 0.15) is 10.4 Å². The Bertz CT molecular complexity index is 477. The van der Waals surface area contributed by atoms with E-state index in [1.807, 2.05) is 17.5 Å². The number of rotatable bonds is 2. The van der Waals surface area contributed by atoms with E-state index in [9.17, 15) is 5.11 Å². The second-order valence-electron chi connectivity index (χ2n) is 2.94. The average molecular weight is 219 g/mol. The van der Waals surface area contributed by atoms with Gasteiger partial charge in [-0.2, -0.15) is 0 Å². The highest BCUT2D eigenvalue weighted by Gasteiger charge is 2.12. The van der Waals surface area contributed by atoms with E-state index < -0.39 is 0 Å². The molecule has 0 aliphatic carbocycles. The van der Waals surface area contributed by atoms with E-state index in [0.29, 0.717) is 11.3 Å². The molecule has 15 heavy (non-hydrogen) atoms. The second-order valence-corrected chi connectivity index (χ2v) is 3.89. The zero-order chi connectivity index (χ0) is 10.7. The molecule has 0 fully saturated rings. The molecule has 0 radical (unpaired) electrons. The van der Waals surface area contributed by atoms with E-state index in [2.05, 4.69) is 5.16 Å². The zero-order valence-corrected chi connectivity index (χ0v) is 8.61. The molecule has 3 nitrogen and oxygen atoms in total. The third-order valence-corrected chi connectivity index (χ3v) is 2.89. The van der Waals surface area contributed by atoms with Crippen molar-refractivity contribution in [2.75, 3.05) is 0 Å². The number of nitrogens with zero attached hydrogens (tertiary/aromatic N) is 1. The summed E-state index contributed by atoms with van der Waals surface area (Å²) < 4.78 is 0. The van der Waals surface area contributed by atoms with E-state index in [-0.39, 0.29) is 5.75 Å². The second kappa shape index (κ2) is 4.14. The van der Waals surface area contributed by atoms with Gasteiger partial charge in [-0.1, -0.05) is 23.4 Å². The predicted molar refractivity (Wildman–Crippen MR) is 59.9 cm³/mol. The molecule has 0 saturated carbocycles. The van der Waals surface area contributed by atoms with E-state index >= 15 is 0 Å². The van der Waals surface area contributed by atoms with Crippen LogP contribution in [0, 0.1) is 0 Å². The Balaban J connectivity index is 2.50. The van der Waals surface area contributed by atoms with Crippen LogP contribution in [0.2, 0.25) is 0 Å². The molecule has 0 saturated heterocycles. The van der Waals surface area contributed by atoms with Gasteiger partial charge in [-0.05, 0) is 23.6 Å². The van der Waals surface area contributed by atoms with Crippen molar-refractivity contribution in [3.05, 3.63) is 52.2 Å². The third kappa shape index (κ3) is 1.85. The molecule has 4 heteroatoms. The van der Waals surface area contributed by atoms with Gasteiger partial charge >= 0.3 is 0 Å². The first kappa shape index (κ1) is 9.73. The third-order valence-electron chi connectivity index (χ3n) is 2.01. The average Bonchev–Trinajstić information content (AvgIpc) is 2.75. The zero-order valence-electron chi connectivity index (χ0n) is 7.79. The summed E-state index contributed by atoms with van der Waals surface area (Å²) in [4.78, 5) is 0.819. The summed E-state index contributed by atoms with van der Waals surface area (Å²) in [6.45, 7) is 0. The molecule has 0 unspecified atom stereocenters. The molecule has 2 N–H and O–H groups in total. The Morgan fingerprint density at radius 3 is 2.53 bits per heavy atom. The van der Waals surface area contributed by atoms with Crippen LogP contribution in [0.4, 0.5) is 0 Å². The van der Waals surface area contributed by atoms with Crippen molar-refractivity contribution < 1.29 is 10.3 Å². The number of oxime groups is 1. The smallest absolute Gasteiger partial charge is 0.130 e. The predicted octanol–water partition coefficient (Wildman–Crippen LogP) is 2.68. The number of phenols is 1. The fraction of sp³-hybridized carbons (Fsp3) is 0. The molecule has 2 aromatic rings. The molecule has 0 amide bonds. The molecular formula is C11H9NO2S. The van der Waals surface area contributed by atoms with Gasteiger partial charge in [-0.3, -0.25) is 0 Å². The molecular weight excluding hydrogens is 210 g/mol. The van der Waals surface area contributed by atoms with Gasteiger partial charge in [-0.15, -0.1) is 11.3 Å². The molecule has 1 aromatic carbocycles. The number of hydrogen-bond acceptors (Lipinski definition) is 4. The molecule has 1 heterocycles. The quantitative estimate of drug-likeness (QED) is 0.463. The van der Waals surface area contributed by atoms with Gasteiger partial charge in [0.1, 0.15) is 11.5 Å². The number of hydrogen-bond donors (Lipinski definition) is 2. The van der Waals surface area contributed by atoms with Crippen LogP contribution in [0.5, 0.6) is 5.75 Å². The number of phenolic OH excluding ortho intramolecular Hbond substituents is 1. The van der Waals surface area contributed by atoms with Crippen molar-refractivity contribution in [1.29, 1.82) is 0 Å². The van der Waals surface area contributed by atoms with E-state index in [4.69, 9.17) is 5.21 Å².